The van der Waals surface area contributed by atoms with Gasteiger partial charge in [0.1, 0.15) is 5.75 Å². The molecule has 4 nitrogen and oxygen atoms in total. The summed E-state index contributed by atoms with van der Waals surface area (Å²) in [5.74, 6) is 0.575. The molecule has 0 aliphatic carbocycles. The van der Waals surface area contributed by atoms with E-state index >= 15 is 0 Å². The summed E-state index contributed by atoms with van der Waals surface area (Å²) in [6, 6.07) is 30.3. The van der Waals surface area contributed by atoms with Gasteiger partial charge in [-0.3, -0.25) is 0 Å². The van der Waals surface area contributed by atoms with Crippen LogP contribution in [0.3, 0.4) is 0 Å². The zero-order chi connectivity index (χ0) is 26.5. The van der Waals surface area contributed by atoms with E-state index < -0.39 is 15.7 Å². The maximum atomic E-state index is 13.9. The van der Waals surface area contributed by atoms with Crippen LogP contribution in [0.15, 0.2) is 102 Å². The summed E-state index contributed by atoms with van der Waals surface area (Å²) in [5.41, 5.74) is 4.35. The first kappa shape index (κ1) is 26.6. The fourth-order valence-corrected chi connectivity index (χ4v) is 5.71. The number of benzene rings is 4. The Balaban J connectivity index is 1.99. The van der Waals surface area contributed by atoms with Crippen molar-refractivity contribution >= 4 is 10.1 Å². The average molecular weight is 515 g/mol. The van der Waals surface area contributed by atoms with Crippen LogP contribution in [0.4, 0.5) is 0 Å². The van der Waals surface area contributed by atoms with E-state index in [4.69, 9.17) is 8.92 Å². The molecular formula is C32H34O4S. The number of rotatable bonds is 10. The Bertz CT molecular complexity index is 1290. The zero-order valence-electron chi connectivity index (χ0n) is 21.9. The Morgan fingerprint density at radius 3 is 1.22 bits per heavy atom. The van der Waals surface area contributed by atoms with Crippen LogP contribution in [0.2, 0.25) is 0 Å². The van der Waals surface area contributed by atoms with Crippen molar-refractivity contribution in [3.05, 3.63) is 130 Å². The van der Waals surface area contributed by atoms with Crippen molar-refractivity contribution in [2.75, 3.05) is 7.11 Å². The van der Waals surface area contributed by atoms with Gasteiger partial charge in [0.25, 0.3) is 10.1 Å². The van der Waals surface area contributed by atoms with Crippen LogP contribution < -0.4 is 4.74 Å². The Kier molecular flexibility index (Phi) is 8.16. The fraction of sp³-hybridized carbons (Fsp3) is 0.250. The average Bonchev–Trinajstić information content (AvgIpc) is 2.96. The Morgan fingerprint density at radius 2 is 0.919 bits per heavy atom. The van der Waals surface area contributed by atoms with Crippen molar-refractivity contribution in [3.63, 3.8) is 0 Å². The predicted molar refractivity (Wildman–Crippen MR) is 149 cm³/mol. The lowest BCUT2D eigenvalue weighted by molar-refractivity contribution is 0.164. The van der Waals surface area contributed by atoms with Gasteiger partial charge in [-0.1, -0.05) is 93.6 Å². The highest BCUT2D eigenvalue weighted by Gasteiger charge is 2.42. The number of methoxy groups -OCH3 is 1. The summed E-state index contributed by atoms with van der Waals surface area (Å²) in [4.78, 5) is 0.0678. The molecular weight excluding hydrogens is 480 g/mol. The molecule has 5 heteroatoms. The van der Waals surface area contributed by atoms with E-state index in [2.05, 4.69) is 20.8 Å². The van der Waals surface area contributed by atoms with Gasteiger partial charge in [0.2, 0.25) is 0 Å². The van der Waals surface area contributed by atoms with E-state index in [1.165, 1.54) is 28.8 Å². The molecule has 4 rings (SSSR count). The summed E-state index contributed by atoms with van der Waals surface area (Å²) in [5, 5.41) is 0. The van der Waals surface area contributed by atoms with Gasteiger partial charge in [-0.15, -0.1) is 0 Å². The minimum Gasteiger partial charge on any atom is -0.497 e. The van der Waals surface area contributed by atoms with E-state index in [-0.39, 0.29) is 4.90 Å². The van der Waals surface area contributed by atoms with E-state index in [0.29, 0.717) is 5.75 Å². The minimum atomic E-state index is -4.19. The van der Waals surface area contributed by atoms with Crippen LogP contribution in [0.5, 0.6) is 5.75 Å². The van der Waals surface area contributed by atoms with E-state index in [1.54, 1.807) is 19.2 Å². The molecule has 0 aromatic heterocycles. The highest BCUT2D eigenvalue weighted by atomic mass is 32.2. The van der Waals surface area contributed by atoms with Crippen molar-refractivity contribution in [3.8, 4) is 5.75 Å². The molecule has 0 N–H and O–H groups in total. The molecule has 0 atom stereocenters. The van der Waals surface area contributed by atoms with Crippen LogP contribution in [0.1, 0.15) is 54.2 Å². The summed E-state index contributed by atoms with van der Waals surface area (Å²) in [7, 11) is -2.64. The number of ether oxygens (including phenoxy) is 1. The van der Waals surface area contributed by atoms with Gasteiger partial charge >= 0.3 is 0 Å². The van der Waals surface area contributed by atoms with Crippen LogP contribution >= 0.6 is 0 Å². The number of hydrogen-bond donors (Lipinski definition) is 0. The van der Waals surface area contributed by atoms with Gasteiger partial charge in [-0.2, -0.15) is 8.42 Å². The first-order valence-corrected chi connectivity index (χ1v) is 14.1. The smallest absolute Gasteiger partial charge is 0.298 e. The van der Waals surface area contributed by atoms with E-state index in [1.807, 2.05) is 72.8 Å². The molecule has 0 saturated carbocycles. The van der Waals surface area contributed by atoms with Crippen molar-refractivity contribution in [1.82, 2.24) is 0 Å². The van der Waals surface area contributed by atoms with Crippen LogP contribution in [-0.4, -0.2) is 15.5 Å². The van der Waals surface area contributed by atoms with Gasteiger partial charge in [0, 0.05) is 0 Å². The molecule has 0 radical (unpaired) electrons. The Labute approximate surface area is 221 Å². The fourth-order valence-electron chi connectivity index (χ4n) is 4.52. The van der Waals surface area contributed by atoms with E-state index in [0.717, 1.165) is 36.0 Å². The molecule has 0 aliphatic heterocycles. The van der Waals surface area contributed by atoms with Crippen molar-refractivity contribution in [1.29, 1.82) is 0 Å². The summed E-state index contributed by atoms with van der Waals surface area (Å²) in [6.45, 7) is 6.29. The quantitative estimate of drug-likeness (QED) is 0.168. The molecule has 37 heavy (non-hydrogen) atoms. The topological polar surface area (TPSA) is 52.6 Å². The third-order valence-electron chi connectivity index (χ3n) is 6.89. The molecule has 0 bridgehead atoms. The molecule has 0 amide bonds. The third kappa shape index (κ3) is 5.48. The van der Waals surface area contributed by atoms with Crippen LogP contribution in [-0.2, 0) is 39.2 Å². The second kappa shape index (κ2) is 11.3. The summed E-state index contributed by atoms with van der Waals surface area (Å²) in [6.07, 6.45) is 2.65. The normalized spacial score (nSPS) is 11.9. The lowest BCUT2D eigenvalue weighted by Gasteiger charge is -2.35. The monoisotopic (exact) mass is 514 g/mol. The zero-order valence-corrected chi connectivity index (χ0v) is 22.7. The standard InChI is InChI=1S/C32H34O4S/c1-5-24-8-14-27(15-9-24)32(28-16-10-25(6-2)11-17-28,29-18-12-26(7-3)13-19-29)36-37(33,34)31-22-20-30(35-4)21-23-31/h8-23H,5-7H2,1-4H3. The van der Waals surface area contributed by atoms with Crippen molar-refractivity contribution in [2.24, 2.45) is 0 Å². The molecule has 0 fully saturated rings. The molecule has 0 saturated heterocycles. The molecule has 4 aromatic carbocycles. The van der Waals surface area contributed by atoms with E-state index in [9.17, 15) is 8.42 Å². The van der Waals surface area contributed by atoms with Gasteiger partial charge in [0.15, 0.2) is 5.60 Å². The minimum absolute atomic E-state index is 0.0678. The molecule has 192 valence electrons. The summed E-state index contributed by atoms with van der Waals surface area (Å²) < 4.78 is 39.4. The van der Waals surface area contributed by atoms with Gasteiger partial charge in [-0.25, -0.2) is 4.18 Å². The third-order valence-corrected chi connectivity index (χ3v) is 8.21. The maximum absolute atomic E-state index is 13.9. The van der Waals surface area contributed by atoms with Gasteiger partial charge in [-0.05, 0) is 76.9 Å². The summed E-state index contributed by atoms with van der Waals surface area (Å²) >= 11 is 0. The second-order valence-electron chi connectivity index (χ2n) is 9.05. The number of hydrogen-bond acceptors (Lipinski definition) is 4. The van der Waals surface area contributed by atoms with Crippen LogP contribution in [0, 0.1) is 0 Å². The lowest BCUT2D eigenvalue weighted by atomic mass is 9.79. The largest absolute Gasteiger partial charge is 0.497 e. The Morgan fingerprint density at radius 1 is 0.568 bits per heavy atom. The second-order valence-corrected chi connectivity index (χ2v) is 10.6. The lowest BCUT2D eigenvalue weighted by Crippen LogP contribution is -2.35. The molecule has 0 unspecified atom stereocenters. The molecule has 0 spiro atoms. The highest BCUT2D eigenvalue weighted by Crippen LogP contribution is 2.43. The van der Waals surface area contributed by atoms with Gasteiger partial charge < -0.3 is 4.74 Å². The van der Waals surface area contributed by atoms with Crippen molar-refractivity contribution < 1.29 is 17.3 Å². The highest BCUT2D eigenvalue weighted by molar-refractivity contribution is 7.86. The SMILES string of the molecule is CCc1ccc(C(OS(=O)(=O)c2ccc(OC)cc2)(c2ccc(CC)cc2)c2ccc(CC)cc2)cc1. The molecule has 0 heterocycles. The first-order chi connectivity index (χ1) is 17.9. The maximum Gasteiger partial charge on any atom is 0.298 e. The number of aryl methyl sites for hydroxylation is 3. The van der Waals surface area contributed by atoms with Crippen LogP contribution in [0.25, 0.3) is 0 Å². The van der Waals surface area contributed by atoms with Gasteiger partial charge in [0.05, 0.1) is 12.0 Å². The first-order valence-electron chi connectivity index (χ1n) is 12.7. The van der Waals surface area contributed by atoms with Crippen molar-refractivity contribution in [2.45, 2.75) is 50.5 Å². The molecule has 4 aromatic rings. The Hall–Kier alpha value is -3.41. The predicted octanol–water partition coefficient (Wildman–Crippen LogP) is 7.08. The molecule has 0 aliphatic rings.